The van der Waals surface area contributed by atoms with Crippen LogP contribution in [0.3, 0.4) is 0 Å². The molecule has 2 aromatic rings. The molecule has 2 rings (SSSR count). The van der Waals surface area contributed by atoms with Crippen LogP contribution in [0.2, 0.25) is 0 Å². The number of amides is 1. The summed E-state index contributed by atoms with van der Waals surface area (Å²) in [7, 11) is 1.42. The van der Waals surface area contributed by atoms with Gasteiger partial charge >= 0.3 is 0 Å². The van der Waals surface area contributed by atoms with E-state index >= 15 is 0 Å². The Labute approximate surface area is 153 Å². The number of hydrogen-bond donors (Lipinski definition) is 1. The Morgan fingerprint density at radius 3 is 2.52 bits per heavy atom. The highest BCUT2D eigenvalue weighted by molar-refractivity contribution is 9.10. The van der Waals surface area contributed by atoms with E-state index in [1.807, 2.05) is 31.2 Å². The third-order valence-electron chi connectivity index (χ3n) is 3.46. The van der Waals surface area contributed by atoms with Gasteiger partial charge in [0.1, 0.15) is 0 Å². The zero-order valence-electron chi connectivity index (χ0n) is 13.7. The fourth-order valence-electron chi connectivity index (χ4n) is 2.15. The van der Waals surface area contributed by atoms with Crippen molar-refractivity contribution in [2.45, 2.75) is 13.0 Å². The summed E-state index contributed by atoms with van der Waals surface area (Å²) in [6, 6.07) is 11.3. The van der Waals surface area contributed by atoms with Crippen molar-refractivity contribution in [3.63, 3.8) is 0 Å². The largest absolute Gasteiger partial charge is 0.493 e. The summed E-state index contributed by atoms with van der Waals surface area (Å²) in [5, 5.41) is 13.7. The summed E-state index contributed by atoms with van der Waals surface area (Å²) in [6.45, 7) is 1.58. The van der Waals surface area contributed by atoms with Gasteiger partial charge in [-0.05, 0) is 30.7 Å². The van der Waals surface area contributed by atoms with E-state index in [1.54, 1.807) is 0 Å². The first-order valence-electron chi connectivity index (χ1n) is 7.40. The zero-order chi connectivity index (χ0) is 18.4. The number of nitrogens with one attached hydrogen (secondary N) is 1. The Bertz CT molecular complexity index is 764. The first-order chi connectivity index (χ1) is 11.9. The number of rotatable bonds is 7. The van der Waals surface area contributed by atoms with E-state index < -0.39 is 4.92 Å². The lowest BCUT2D eigenvalue weighted by Gasteiger charge is -2.15. The van der Waals surface area contributed by atoms with Crippen molar-refractivity contribution in [3.05, 3.63) is 62.6 Å². The van der Waals surface area contributed by atoms with E-state index in [-0.39, 0.29) is 30.0 Å². The Morgan fingerprint density at radius 1 is 1.24 bits per heavy atom. The molecule has 1 N–H and O–H groups in total. The molecular weight excluding hydrogens is 392 g/mol. The molecule has 1 atom stereocenters. The Hall–Kier alpha value is -2.61. The SMILES string of the molecule is COc1ccc([N+](=O)[O-])cc1OCC(=O)N[C@H](C)c1ccc(Br)cc1. The van der Waals surface area contributed by atoms with Crippen LogP contribution in [0.1, 0.15) is 18.5 Å². The van der Waals surface area contributed by atoms with E-state index in [0.717, 1.165) is 10.0 Å². The molecule has 0 bridgehead atoms. The first kappa shape index (κ1) is 18.7. The minimum Gasteiger partial charge on any atom is -0.493 e. The molecule has 8 heteroatoms. The second-order valence-electron chi connectivity index (χ2n) is 5.22. The van der Waals surface area contributed by atoms with Crippen LogP contribution in [0.15, 0.2) is 46.9 Å². The van der Waals surface area contributed by atoms with Crippen LogP contribution in [0.4, 0.5) is 5.69 Å². The normalized spacial score (nSPS) is 11.5. The molecule has 132 valence electrons. The summed E-state index contributed by atoms with van der Waals surface area (Å²) < 4.78 is 11.4. The van der Waals surface area contributed by atoms with Crippen LogP contribution in [0, 0.1) is 10.1 Å². The predicted molar refractivity (Wildman–Crippen MR) is 95.8 cm³/mol. The summed E-state index contributed by atoms with van der Waals surface area (Å²) in [6.07, 6.45) is 0. The van der Waals surface area contributed by atoms with Gasteiger partial charge in [0, 0.05) is 10.5 Å². The summed E-state index contributed by atoms with van der Waals surface area (Å²) in [5.74, 6) is 0.117. The van der Waals surface area contributed by atoms with Gasteiger partial charge in [-0.15, -0.1) is 0 Å². The van der Waals surface area contributed by atoms with Crippen LogP contribution in [0.25, 0.3) is 0 Å². The molecule has 0 aliphatic heterocycles. The summed E-state index contributed by atoms with van der Waals surface area (Å²) in [4.78, 5) is 22.4. The molecule has 0 saturated heterocycles. The number of hydrogen-bond acceptors (Lipinski definition) is 5. The fraction of sp³-hybridized carbons (Fsp3) is 0.235. The number of nitro groups is 1. The van der Waals surface area contributed by atoms with Crippen molar-refractivity contribution in [3.8, 4) is 11.5 Å². The van der Waals surface area contributed by atoms with E-state index in [9.17, 15) is 14.9 Å². The van der Waals surface area contributed by atoms with Crippen molar-refractivity contribution in [1.82, 2.24) is 5.32 Å². The topological polar surface area (TPSA) is 90.7 Å². The van der Waals surface area contributed by atoms with Gasteiger partial charge in [-0.1, -0.05) is 28.1 Å². The van der Waals surface area contributed by atoms with Gasteiger partial charge in [0.2, 0.25) is 0 Å². The number of benzene rings is 2. The monoisotopic (exact) mass is 408 g/mol. The molecule has 0 aromatic heterocycles. The maximum absolute atomic E-state index is 12.1. The second kappa shape index (κ2) is 8.48. The lowest BCUT2D eigenvalue weighted by molar-refractivity contribution is -0.385. The number of nitro benzene ring substituents is 1. The Kier molecular flexibility index (Phi) is 6.35. The maximum atomic E-state index is 12.1. The third kappa shape index (κ3) is 5.18. The standard InChI is InChI=1S/C17H17BrN2O5/c1-11(12-3-5-13(18)6-4-12)19-17(21)10-25-16-9-14(20(22)23)7-8-15(16)24-2/h3-9,11H,10H2,1-2H3,(H,19,21)/t11-/m1/s1. The van der Waals surface area contributed by atoms with Crippen molar-refractivity contribution in [1.29, 1.82) is 0 Å². The minimum atomic E-state index is -0.540. The fourth-order valence-corrected chi connectivity index (χ4v) is 2.42. The number of nitrogens with zero attached hydrogens (tertiary/aromatic N) is 1. The van der Waals surface area contributed by atoms with Crippen LogP contribution < -0.4 is 14.8 Å². The highest BCUT2D eigenvalue weighted by atomic mass is 79.9. The molecule has 0 heterocycles. The zero-order valence-corrected chi connectivity index (χ0v) is 15.3. The minimum absolute atomic E-state index is 0.139. The van der Waals surface area contributed by atoms with Gasteiger partial charge in [0.25, 0.3) is 11.6 Å². The number of non-ortho nitro benzene ring substituents is 1. The average Bonchev–Trinajstić information content (AvgIpc) is 2.60. The van der Waals surface area contributed by atoms with Crippen LogP contribution >= 0.6 is 15.9 Å². The predicted octanol–water partition coefficient (Wildman–Crippen LogP) is 3.62. The number of methoxy groups -OCH3 is 1. The lowest BCUT2D eigenvalue weighted by atomic mass is 10.1. The van der Waals surface area contributed by atoms with Crippen LogP contribution in [-0.4, -0.2) is 24.5 Å². The molecule has 1 amide bonds. The van der Waals surface area contributed by atoms with Crippen LogP contribution in [0.5, 0.6) is 11.5 Å². The molecule has 0 saturated carbocycles. The first-order valence-corrected chi connectivity index (χ1v) is 8.20. The van der Waals surface area contributed by atoms with Crippen molar-refractivity contribution < 1.29 is 19.2 Å². The van der Waals surface area contributed by atoms with Gasteiger partial charge in [0.15, 0.2) is 18.1 Å². The molecular formula is C17H17BrN2O5. The van der Waals surface area contributed by atoms with Gasteiger partial charge in [-0.3, -0.25) is 14.9 Å². The van der Waals surface area contributed by atoms with Gasteiger partial charge in [-0.2, -0.15) is 0 Å². The molecule has 0 fully saturated rings. The third-order valence-corrected chi connectivity index (χ3v) is 3.99. The van der Waals surface area contributed by atoms with E-state index in [0.29, 0.717) is 5.75 Å². The van der Waals surface area contributed by atoms with Gasteiger partial charge < -0.3 is 14.8 Å². The molecule has 25 heavy (non-hydrogen) atoms. The molecule has 0 aliphatic rings. The number of halogens is 1. The van der Waals surface area contributed by atoms with Crippen molar-refractivity contribution in [2.24, 2.45) is 0 Å². The lowest BCUT2D eigenvalue weighted by Crippen LogP contribution is -2.31. The smallest absolute Gasteiger partial charge is 0.273 e. The highest BCUT2D eigenvalue weighted by Gasteiger charge is 2.15. The average molecular weight is 409 g/mol. The number of carbonyl (C=O) groups excluding carboxylic acids is 1. The molecule has 0 unspecified atom stereocenters. The molecule has 0 radical (unpaired) electrons. The molecule has 0 aliphatic carbocycles. The summed E-state index contributed by atoms with van der Waals surface area (Å²) in [5.41, 5.74) is 0.809. The van der Waals surface area contributed by atoms with Crippen molar-refractivity contribution >= 4 is 27.5 Å². The highest BCUT2D eigenvalue weighted by Crippen LogP contribution is 2.31. The molecule has 7 nitrogen and oxygen atoms in total. The number of ether oxygens (including phenoxy) is 2. The maximum Gasteiger partial charge on any atom is 0.273 e. The second-order valence-corrected chi connectivity index (χ2v) is 6.14. The van der Waals surface area contributed by atoms with Gasteiger partial charge in [0.05, 0.1) is 24.1 Å². The van der Waals surface area contributed by atoms with E-state index in [4.69, 9.17) is 9.47 Å². The molecule has 2 aromatic carbocycles. The Morgan fingerprint density at radius 2 is 1.92 bits per heavy atom. The summed E-state index contributed by atoms with van der Waals surface area (Å²) >= 11 is 3.36. The van der Waals surface area contributed by atoms with E-state index in [2.05, 4.69) is 21.2 Å². The Balaban J connectivity index is 1.98. The van der Waals surface area contributed by atoms with Crippen molar-refractivity contribution in [2.75, 3.05) is 13.7 Å². The molecule has 0 spiro atoms. The quantitative estimate of drug-likeness (QED) is 0.557. The van der Waals surface area contributed by atoms with E-state index in [1.165, 1.54) is 25.3 Å². The van der Waals surface area contributed by atoms with Crippen LogP contribution in [-0.2, 0) is 4.79 Å². The number of carbonyl (C=O) groups is 1. The van der Waals surface area contributed by atoms with Gasteiger partial charge in [-0.25, -0.2) is 0 Å².